The van der Waals surface area contributed by atoms with Gasteiger partial charge in [-0.2, -0.15) is 5.10 Å². The first-order chi connectivity index (χ1) is 17.9. The van der Waals surface area contributed by atoms with Crippen LogP contribution in [0.1, 0.15) is 28.8 Å². The van der Waals surface area contributed by atoms with E-state index in [1.165, 1.54) is 18.3 Å². The minimum atomic E-state index is -1.02. The molecular weight excluding hydrogens is 484 g/mol. The van der Waals surface area contributed by atoms with Gasteiger partial charge in [0.1, 0.15) is 23.4 Å². The van der Waals surface area contributed by atoms with Crippen molar-refractivity contribution in [2.24, 2.45) is 5.73 Å². The average Bonchev–Trinajstić information content (AvgIpc) is 3.59. The molecule has 0 saturated carbocycles. The highest BCUT2D eigenvalue weighted by Crippen LogP contribution is 2.25. The Bertz CT molecular complexity index is 1240. The lowest BCUT2D eigenvalue weighted by Crippen LogP contribution is -2.50. The van der Waals surface area contributed by atoms with Crippen LogP contribution in [0.3, 0.4) is 0 Å². The van der Waals surface area contributed by atoms with E-state index in [2.05, 4.69) is 25.8 Å². The average molecular weight is 514 g/mol. The summed E-state index contributed by atoms with van der Waals surface area (Å²) in [5, 5.41) is 21.5. The van der Waals surface area contributed by atoms with Gasteiger partial charge in [0.25, 0.3) is 5.91 Å². The summed E-state index contributed by atoms with van der Waals surface area (Å²) in [5.41, 5.74) is 6.76. The highest BCUT2D eigenvalue weighted by molar-refractivity contribution is 5.99. The van der Waals surface area contributed by atoms with E-state index in [0.717, 1.165) is 18.1 Å². The first kappa shape index (κ1) is 26.2. The highest BCUT2D eigenvalue weighted by Gasteiger charge is 2.32. The van der Waals surface area contributed by atoms with Crippen LogP contribution in [0.5, 0.6) is 0 Å². The second-order valence-electron chi connectivity index (χ2n) is 8.82. The number of carbonyl (C=O) groups is 2. The Kier molecular flexibility index (Phi) is 8.41. The molecule has 1 saturated heterocycles. The summed E-state index contributed by atoms with van der Waals surface area (Å²) in [5.74, 6) is -1.85. The summed E-state index contributed by atoms with van der Waals surface area (Å²) < 4.78 is 28.5. The zero-order chi connectivity index (χ0) is 26.4. The normalized spacial score (nSPS) is 16.0. The summed E-state index contributed by atoms with van der Waals surface area (Å²) in [6, 6.07) is 7.52. The van der Waals surface area contributed by atoms with Crippen molar-refractivity contribution in [2.45, 2.75) is 31.3 Å². The molecule has 2 aromatic heterocycles. The molecule has 196 valence electrons. The van der Waals surface area contributed by atoms with Gasteiger partial charge in [0.2, 0.25) is 5.91 Å². The van der Waals surface area contributed by atoms with Gasteiger partial charge in [0.05, 0.1) is 17.9 Å². The van der Waals surface area contributed by atoms with Gasteiger partial charge in [0, 0.05) is 31.9 Å². The van der Waals surface area contributed by atoms with Crippen molar-refractivity contribution >= 4 is 17.6 Å². The topological polar surface area (TPSA) is 149 Å². The van der Waals surface area contributed by atoms with Gasteiger partial charge in [-0.1, -0.05) is 12.1 Å². The molecule has 0 spiro atoms. The molecule has 1 aliphatic heterocycles. The molecule has 37 heavy (non-hydrogen) atoms. The van der Waals surface area contributed by atoms with Gasteiger partial charge >= 0.3 is 0 Å². The molecule has 2 amide bonds. The van der Waals surface area contributed by atoms with Gasteiger partial charge in [-0.15, -0.1) is 0 Å². The Morgan fingerprint density at radius 1 is 1.27 bits per heavy atom. The Hall–Kier alpha value is -3.90. The van der Waals surface area contributed by atoms with E-state index < -0.39 is 24.4 Å². The Morgan fingerprint density at radius 2 is 2.11 bits per heavy atom. The van der Waals surface area contributed by atoms with E-state index in [1.807, 2.05) is 0 Å². The quantitative estimate of drug-likeness (QED) is 0.275. The van der Waals surface area contributed by atoms with Crippen LogP contribution >= 0.6 is 0 Å². The molecule has 0 radical (unpaired) electrons. The molecule has 1 aliphatic rings. The molecule has 12 heteroatoms. The van der Waals surface area contributed by atoms with E-state index in [0.29, 0.717) is 31.6 Å². The number of nitrogens with one attached hydrogen (secondary N) is 3. The number of pyridine rings is 1. The molecule has 1 fully saturated rings. The summed E-state index contributed by atoms with van der Waals surface area (Å²) >= 11 is 0. The van der Waals surface area contributed by atoms with Crippen molar-refractivity contribution in [1.29, 1.82) is 0 Å². The smallest absolute Gasteiger partial charge is 0.255 e. The number of aliphatic hydroxyl groups is 1. The SMILES string of the molecule is N[C@@H](CO)C(=O)N1CCC[C@@H]1CNC(=O)c1cc(F)c(-c2ccn[nH]2)nc1NCCc1cccc(F)c1. The van der Waals surface area contributed by atoms with E-state index in [4.69, 9.17) is 5.73 Å². The first-order valence-corrected chi connectivity index (χ1v) is 12.0. The van der Waals surface area contributed by atoms with Gasteiger partial charge in [-0.25, -0.2) is 13.8 Å². The predicted molar refractivity (Wildman–Crippen MR) is 132 cm³/mol. The lowest BCUT2D eigenvalue weighted by molar-refractivity contribution is -0.134. The fourth-order valence-electron chi connectivity index (χ4n) is 4.33. The molecule has 3 heterocycles. The number of carbonyl (C=O) groups excluding carboxylic acids is 2. The second kappa shape index (κ2) is 11.9. The van der Waals surface area contributed by atoms with Crippen LogP contribution < -0.4 is 16.4 Å². The number of hydrogen-bond donors (Lipinski definition) is 5. The number of aromatic amines is 1. The van der Waals surface area contributed by atoms with Crippen LogP contribution in [0, 0.1) is 11.6 Å². The number of anilines is 1. The standard InChI is InChI=1S/C25H29F2N7O3/c26-16-4-1-3-15(11-16)6-8-29-23-18(12-19(27)22(32-23)21-7-9-31-33-21)24(36)30-13-17-5-2-10-34(17)25(37)20(28)14-35/h1,3-4,7,9,11-12,17,20,35H,2,5-6,8,10,13-14,28H2,(H,29,32)(H,30,36)(H,31,33)/t17-,20+/m1/s1. The van der Waals surface area contributed by atoms with Crippen molar-refractivity contribution in [3.05, 3.63) is 65.4 Å². The lowest BCUT2D eigenvalue weighted by Gasteiger charge is -2.27. The number of likely N-dealkylation sites (tertiary alicyclic amines) is 1. The third kappa shape index (κ3) is 6.27. The molecule has 0 bridgehead atoms. The van der Waals surface area contributed by atoms with Crippen LogP contribution in [0.15, 0.2) is 42.6 Å². The number of halogens is 2. The number of amides is 2. The number of H-pyrrole nitrogens is 1. The van der Waals surface area contributed by atoms with Crippen molar-refractivity contribution < 1.29 is 23.5 Å². The van der Waals surface area contributed by atoms with Crippen molar-refractivity contribution in [3.63, 3.8) is 0 Å². The minimum Gasteiger partial charge on any atom is -0.394 e. The maximum atomic E-state index is 15.0. The maximum absolute atomic E-state index is 15.0. The zero-order valence-electron chi connectivity index (χ0n) is 20.1. The molecular formula is C25H29F2N7O3. The monoisotopic (exact) mass is 513 g/mol. The van der Waals surface area contributed by atoms with Crippen LogP contribution in [-0.4, -0.2) is 75.3 Å². The van der Waals surface area contributed by atoms with E-state index in [9.17, 15) is 23.5 Å². The molecule has 10 nitrogen and oxygen atoms in total. The van der Waals surface area contributed by atoms with Crippen molar-refractivity contribution in [1.82, 2.24) is 25.4 Å². The van der Waals surface area contributed by atoms with E-state index >= 15 is 0 Å². The summed E-state index contributed by atoms with van der Waals surface area (Å²) in [7, 11) is 0. The Labute approximate surface area is 212 Å². The predicted octanol–water partition coefficient (Wildman–Crippen LogP) is 1.44. The number of aliphatic hydroxyl groups excluding tert-OH is 1. The number of rotatable bonds is 10. The molecule has 2 atom stereocenters. The first-order valence-electron chi connectivity index (χ1n) is 12.0. The third-order valence-electron chi connectivity index (χ3n) is 6.24. The van der Waals surface area contributed by atoms with Gasteiger partial charge < -0.3 is 26.4 Å². The van der Waals surface area contributed by atoms with Gasteiger partial charge in [-0.05, 0) is 49.1 Å². The van der Waals surface area contributed by atoms with Crippen LogP contribution in [0.4, 0.5) is 14.6 Å². The molecule has 1 aromatic carbocycles. The van der Waals surface area contributed by atoms with Gasteiger partial charge in [-0.3, -0.25) is 14.7 Å². The van der Waals surface area contributed by atoms with Gasteiger partial charge in [0.15, 0.2) is 5.82 Å². The molecule has 3 aromatic rings. The molecule has 4 rings (SSSR count). The zero-order valence-corrected chi connectivity index (χ0v) is 20.1. The minimum absolute atomic E-state index is 0.00661. The highest BCUT2D eigenvalue weighted by atomic mass is 19.1. The van der Waals surface area contributed by atoms with Crippen LogP contribution in [-0.2, 0) is 11.2 Å². The molecule has 6 N–H and O–H groups in total. The maximum Gasteiger partial charge on any atom is 0.255 e. The number of nitrogens with zero attached hydrogens (tertiary/aromatic N) is 3. The van der Waals surface area contributed by atoms with E-state index in [1.54, 1.807) is 23.1 Å². The van der Waals surface area contributed by atoms with E-state index in [-0.39, 0.29) is 41.4 Å². The fourth-order valence-corrected chi connectivity index (χ4v) is 4.33. The van der Waals surface area contributed by atoms with Crippen molar-refractivity contribution in [2.75, 3.05) is 31.6 Å². The van der Waals surface area contributed by atoms with Crippen LogP contribution in [0.2, 0.25) is 0 Å². The number of hydrogen-bond acceptors (Lipinski definition) is 7. The number of benzene rings is 1. The van der Waals surface area contributed by atoms with Crippen molar-refractivity contribution in [3.8, 4) is 11.4 Å². The summed E-state index contributed by atoms with van der Waals surface area (Å²) in [4.78, 5) is 31.5. The number of aromatic nitrogens is 3. The third-order valence-corrected chi connectivity index (χ3v) is 6.24. The summed E-state index contributed by atoms with van der Waals surface area (Å²) in [6.45, 7) is 0.464. The second-order valence-corrected chi connectivity index (χ2v) is 8.82. The number of nitrogens with two attached hydrogens (primary N) is 1. The molecule has 0 aliphatic carbocycles. The Balaban J connectivity index is 1.50. The lowest BCUT2D eigenvalue weighted by atomic mass is 10.1. The Morgan fingerprint density at radius 3 is 2.84 bits per heavy atom. The summed E-state index contributed by atoms with van der Waals surface area (Å²) in [6.07, 6.45) is 3.31. The molecule has 0 unspecified atom stereocenters. The largest absolute Gasteiger partial charge is 0.394 e. The van der Waals surface area contributed by atoms with Crippen LogP contribution in [0.25, 0.3) is 11.4 Å². The fraction of sp³-hybridized carbons (Fsp3) is 0.360.